The molecule has 166 valence electrons. The van der Waals surface area contributed by atoms with Gasteiger partial charge in [-0.05, 0) is 75.1 Å². The first kappa shape index (κ1) is 24.1. The Balaban J connectivity index is 2.04. The Kier molecular flexibility index (Phi) is 7.69. The number of rotatable bonds is 7. The van der Waals surface area contributed by atoms with Gasteiger partial charge in [0.1, 0.15) is 17.3 Å². The smallest absolute Gasteiger partial charge is 0.215 e. The van der Waals surface area contributed by atoms with Crippen LogP contribution in [0.3, 0.4) is 0 Å². The number of halogens is 3. The number of nitrogen functional groups attached to an aromatic ring is 1. The normalized spacial score (nSPS) is 18.6. The van der Waals surface area contributed by atoms with Crippen molar-refractivity contribution in [2.75, 3.05) is 30.3 Å². The first-order valence-corrected chi connectivity index (χ1v) is 12.0. The molecule has 0 aromatic carbocycles. The van der Waals surface area contributed by atoms with E-state index in [9.17, 15) is 4.79 Å². The highest BCUT2D eigenvalue weighted by Gasteiger charge is 2.33. The summed E-state index contributed by atoms with van der Waals surface area (Å²) in [5.41, 5.74) is 6.28. The van der Waals surface area contributed by atoms with E-state index in [4.69, 9.17) is 5.73 Å². The second-order valence-electron chi connectivity index (χ2n) is 8.03. The molecule has 3 N–H and O–H groups in total. The van der Waals surface area contributed by atoms with Crippen LogP contribution < -0.4 is 16.0 Å². The van der Waals surface area contributed by atoms with E-state index in [2.05, 4.69) is 56.5 Å². The molecular formula is C22H26BrFIN5O. The molecule has 0 amide bonds. The predicted molar refractivity (Wildman–Crippen MR) is 134 cm³/mol. The highest BCUT2D eigenvalue weighted by molar-refractivity contribution is 14.1. The quantitative estimate of drug-likeness (QED) is 0.209. The third-order valence-corrected chi connectivity index (χ3v) is 6.63. The lowest BCUT2D eigenvalue weighted by molar-refractivity contribution is 0.103. The molecule has 1 fully saturated rings. The highest BCUT2D eigenvalue weighted by atomic mass is 127. The Morgan fingerprint density at radius 3 is 2.97 bits per heavy atom. The van der Waals surface area contributed by atoms with E-state index < -0.39 is 9.46 Å². The molecule has 6 nitrogen and oxygen atoms in total. The number of allylic oxidation sites excluding steroid dienone is 1. The van der Waals surface area contributed by atoms with Crippen molar-refractivity contribution in [3.63, 3.8) is 0 Å². The minimum atomic E-state index is -1.95. The van der Waals surface area contributed by atoms with E-state index in [-0.39, 0.29) is 22.6 Å². The van der Waals surface area contributed by atoms with Crippen LogP contribution in [0.1, 0.15) is 41.9 Å². The molecule has 0 saturated carbocycles. The molecule has 9 heteroatoms. The number of hydrogen-bond donors (Lipinski definition) is 2. The van der Waals surface area contributed by atoms with Crippen molar-refractivity contribution < 1.29 is 9.18 Å². The van der Waals surface area contributed by atoms with Gasteiger partial charge >= 0.3 is 0 Å². The van der Waals surface area contributed by atoms with E-state index in [0.717, 1.165) is 32.1 Å². The summed E-state index contributed by atoms with van der Waals surface area (Å²) >= 11 is 4.94. The van der Waals surface area contributed by atoms with Crippen LogP contribution in [0.2, 0.25) is 0 Å². The predicted octanol–water partition coefficient (Wildman–Crippen LogP) is 4.62. The van der Waals surface area contributed by atoms with Gasteiger partial charge in [-0.1, -0.05) is 20.4 Å². The second kappa shape index (κ2) is 9.91. The standard InChI is InChI=1S/C22H26BrFIN5O/c1-4-22(24,25)17-5-6-18(30-8-7-27-15(12-30)9-13(2)3)29-19(17)20(31)16-10-14(23)11-28-21(16)26/h4-6,10-11,13,15,27H,1,7-9,12H2,2-3H3,(H2,26,28)/t15-,22?/m0/s1. The molecule has 3 heterocycles. The SMILES string of the molecule is C=CC(F)(I)c1ccc(N2CCN[C@@H](CC(C)C)C2)nc1C(=O)c1cc(Br)cnc1N. The summed E-state index contributed by atoms with van der Waals surface area (Å²) in [4.78, 5) is 24.2. The maximum absolute atomic E-state index is 15.2. The van der Waals surface area contributed by atoms with Gasteiger partial charge in [-0.25, -0.2) is 14.4 Å². The average molecular weight is 602 g/mol. The Bertz CT molecular complexity index is 984. The third kappa shape index (κ3) is 5.61. The molecule has 0 bridgehead atoms. The molecule has 1 saturated heterocycles. The van der Waals surface area contributed by atoms with E-state index >= 15 is 4.39 Å². The number of nitrogens with zero attached hydrogens (tertiary/aromatic N) is 3. The van der Waals surface area contributed by atoms with E-state index in [1.807, 2.05) is 0 Å². The topological polar surface area (TPSA) is 84.1 Å². The fourth-order valence-corrected chi connectivity index (χ4v) is 4.46. The van der Waals surface area contributed by atoms with Crippen LogP contribution in [0.4, 0.5) is 16.0 Å². The van der Waals surface area contributed by atoms with E-state index in [1.165, 1.54) is 6.20 Å². The van der Waals surface area contributed by atoms with Gasteiger partial charge in [0.15, 0.2) is 0 Å². The van der Waals surface area contributed by atoms with Crippen molar-refractivity contribution in [3.8, 4) is 0 Å². The molecule has 1 unspecified atom stereocenters. The molecule has 31 heavy (non-hydrogen) atoms. The number of carbonyl (C=O) groups excluding carboxylic acids is 1. The summed E-state index contributed by atoms with van der Waals surface area (Å²) in [6, 6.07) is 5.29. The Hall–Kier alpha value is -1.59. The first-order chi connectivity index (χ1) is 14.6. The zero-order chi connectivity index (χ0) is 22.8. The maximum atomic E-state index is 15.2. The molecule has 2 aromatic heterocycles. The summed E-state index contributed by atoms with van der Waals surface area (Å²) in [5.74, 6) is 0.801. The molecule has 0 radical (unpaired) electrons. The Morgan fingerprint density at radius 2 is 2.29 bits per heavy atom. The molecule has 0 spiro atoms. The van der Waals surface area contributed by atoms with Crippen molar-refractivity contribution in [2.24, 2.45) is 5.92 Å². The first-order valence-electron chi connectivity index (χ1n) is 10.1. The lowest BCUT2D eigenvalue weighted by atomic mass is 10.00. The van der Waals surface area contributed by atoms with Crippen LogP contribution in [0.15, 0.2) is 41.5 Å². The third-order valence-electron chi connectivity index (χ3n) is 5.18. The molecule has 3 rings (SSSR count). The van der Waals surface area contributed by atoms with Crippen LogP contribution in [-0.2, 0) is 3.68 Å². The summed E-state index contributed by atoms with van der Waals surface area (Å²) in [6.07, 6.45) is 3.71. The molecule has 1 aliphatic rings. The summed E-state index contributed by atoms with van der Waals surface area (Å²) in [5, 5.41) is 3.53. The number of hydrogen-bond acceptors (Lipinski definition) is 6. The number of alkyl halides is 2. The summed E-state index contributed by atoms with van der Waals surface area (Å²) in [6.45, 7) is 10.3. The minimum Gasteiger partial charge on any atom is -0.383 e. The molecular weight excluding hydrogens is 576 g/mol. The van der Waals surface area contributed by atoms with Crippen LogP contribution in [-0.4, -0.2) is 41.4 Å². The van der Waals surface area contributed by atoms with Crippen molar-refractivity contribution in [1.82, 2.24) is 15.3 Å². The number of nitrogens with one attached hydrogen (secondary N) is 1. The van der Waals surface area contributed by atoms with Gasteiger partial charge in [0, 0.05) is 41.9 Å². The van der Waals surface area contributed by atoms with Gasteiger partial charge in [0.25, 0.3) is 0 Å². The van der Waals surface area contributed by atoms with Crippen LogP contribution in [0.5, 0.6) is 0 Å². The van der Waals surface area contributed by atoms with Crippen LogP contribution >= 0.6 is 38.5 Å². The number of aromatic nitrogens is 2. The van der Waals surface area contributed by atoms with E-state index in [1.54, 1.807) is 40.8 Å². The highest BCUT2D eigenvalue weighted by Crippen LogP contribution is 2.38. The zero-order valence-corrected chi connectivity index (χ0v) is 21.3. The van der Waals surface area contributed by atoms with Gasteiger partial charge in [-0.15, -0.1) is 0 Å². The van der Waals surface area contributed by atoms with Crippen molar-refractivity contribution in [2.45, 2.75) is 30.0 Å². The molecule has 2 aromatic rings. The molecule has 1 aliphatic heterocycles. The summed E-state index contributed by atoms with van der Waals surface area (Å²) in [7, 11) is 0. The number of anilines is 2. The zero-order valence-electron chi connectivity index (χ0n) is 17.5. The lowest BCUT2D eigenvalue weighted by Gasteiger charge is -2.35. The largest absolute Gasteiger partial charge is 0.383 e. The van der Waals surface area contributed by atoms with Crippen molar-refractivity contribution >= 4 is 55.9 Å². The Labute approximate surface area is 204 Å². The van der Waals surface area contributed by atoms with Gasteiger partial charge in [-0.2, -0.15) is 0 Å². The van der Waals surface area contributed by atoms with Gasteiger partial charge in [-0.3, -0.25) is 4.79 Å². The number of carbonyl (C=O) groups is 1. The Morgan fingerprint density at radius 1 is 1.55 bits per heavy atom. The van der Waals surface area contributed by atoms with Crippen LogP contribution in [0, 0.1) is 5.92 Å². The van der Waals surface area contributed by atoms with E-state index in [0.29, 0.717) is 22.3 Å². The maximum Gasteiger partial charge on any atom is 0.215 e. The number of pyridine rings is 2. The number of nitrogens with two attached hydrogens (primary N) is 1. The lowest BCUT2D eigenvalue weighted by Crippen LogP contribution is -2.51. The number of piperazine rings is 1. The van der Waals surface area contributed by atoms with Gasteiger partial charge in [0.05, 0.1) is 5.56 Å². The van der Waals surface area contributed by atoms with Gasteiger partial charge in [0.2, 0.25) is 9.46 Å². The monoisotopic (exact) mass is 601 g/mol. The second-order valence-corrected chi connectivity index (χ2v) is 10.5. The fraction of sp³-hybridized carbons (Fsp3) is 0.409. The van der Waals surface area contributed by atoms with Crippen molar-refractivity contribution in [1.29, 1.82) is 0 Å². The number of ketones is 1. The minimum absolute atomic E-state index is 0.0137. The fourth-order valence-electron chi connectivity index (χ4n) is 3.70. The van der Waals surface area contributed by atoms with Crippen LogP contribution in [0.25, 0.3) is 0 Å². The molecule has 2 atom stereocenters. The average Bonchev–Trinajstić information content (AvgIpc) is 2.74. The summed E-state index contributed by atoms with van der Waals surface area (Å²) < 4.78 is 13.9. The van der Waals surface area contributed by atoms with Crippen molar-refractivity contribution in [3.05, 3.63) is 58.3 Å². The molecule has 0 aliphatic carbocycles. The van der Waals surface area contributed by atoms with Gasteiger partial charge < -0.3 is 16.0 Å².